The zero-order valence-corrected chi connectivity index (χ0v) is 50.7. The number of epoxide rings is 1. The molecule has 4 aliphatic heterocycles. The van der Waals surface area contributed by atoms with E-state index in [0.717, 1.165) is 10.5 Å². The first-order valence-corrected chi connectivity index (χ1v) is 24.2. The van der Waals surface area contributed by atoms with E-state index in [-0.39, 0.29) is 135 Å². The molecule has 0 aromatic heterocycles. The molecule has 1 saturated heterocycles. The van der Waals surface area contributed by atoms with Crippen molar-refractivity contribution in [3.8, 4) is 33.8 Å². The number of hydrogen-bond donors (Lipinski definition) is 1. The number of rotatable bonds is 10. The van der Waals surface area contributed by atoms with Crippen LogP contribution in [0.3, 0.4) is 0 Å². The fourth-order valence-corrected chi connectivity index (χ4v) is 9.67. The summed E-state index contributed by atoms with van der Waals surface area (Å²) in [5.74, 6) is -2.69. The molecule has 0 saturated carbocycles. The Balaban J connectivity index is 0.000000208. The second-order valence-corrected chi connectivity index (χ2v) is 18.4. The number of carbonyl (C=O) groups is 6. The molecule has 7 aromatic rings. The molecule has 0 radical (unpaired) electrons. The molecule has 7 aromatic carbocycles. The van der Waals surface area contributed by atoms with Gasteiger partial charge in [-0.05, 0) is 60.7 Å². The van der Waals surface area contributed by atoms with Crippen molar-refractivity contribution in [2.75, 3.05) is 27.4 Å². The van der Waals surface area contributed by atoms with Crippen LogP contribution in [0.1, 0.15) is 80.7 Å². The largest absolute Gasteiger partial charge is 1.00 e. The molecule has 1 N–H and O–H groups in total. The Morgan fingerprint density at radius 3 is 1.23 bits per heavy atom. The van der Waals surface area contributed by atoms with E-state index in [4.69, 9.17) is 60.6 Å². The van der Waals surface area contributed by atoms with Gasteiger partial charge in [-0.15, -0.1) is 0 Å². The number of imide groups is 3. The summed E-state index contributed by atoms with van der Waals surface area (Å²) in [4.78, 5) is 69.7. The van der Waals surface area contributed by atoms with Crippen molar-refractivity contribution in [2.24, 2.45) is 0 Å². The van der Waals surface area contributed by atoms with E-state index in [1.807, 2.05) is 0 Å². The quantitative estimate of drug-likeness (QED) is 0.0841. The van der Waals surface area contributed by atoms with Crippen LogP contribution in [0.15, 0.2) is 133 Å². The summed E-state index contributed by atoms with van der Waals surface area (Å²) in [5.41, 5.74) is 5.24. The van der Waals surface area contributed by atoms with E-state index in [0.29, 0.717) is 106 Å². The molecule has 390 valence electrons. The summed E-state index contributed by atoms with van der Waals surface area (Å²) >= 11 is 25.1. The predicted octanol–water partition coefficient (Wildman–Crippen LogP) is 7.11. The maximum absolute atomic E-state index is 14.5. The zero-order chi connectivity index (χ0) is 53.7. The molecule has 11 rings (SSSR count). The zero-order valence-electron chi connectivity index (χ0n) is 41.4. The summed E-state index contributed by atoms with van der Waals surface area (Å²) in [5, 5.41) is 18.8. The molecule has 4 aliphatic rings. The van der Waals surface area contributed by atoms with Crippen molar-refractivity contribution in [1.82, 2.24) is 4.90 Å². The molecule has 21 heteroatoms. The number of halogens is 6. The average molecular weight is 1190 g/mol. The van der Waals surface area contributed by atoms with E-state index in [9.17, 15) is 42.7 Å². The number of benzene rings is 7. The molecule has 0 unspecified atom stereocenters. The van der Waals surface area contributed by atoms with Gasteiger partial charge in [0, 0.05) is 68.5 Å². The molecule has 1 fully saturated rings. The summed E-state index contributed by atoms with van der Waals surface area (Å²) in [7, 11) is 2.97. The van der Waals surface area contributed by atoms with Crippen molar-refractivity contribution in [1.29, 1.82) is 0 Å². The average Bonchev–Trinajstić information content (AvgIpc) is 4.07. The number of methoxy groups -OCH3 is 2. The van der Waals surface area contributed by atoms with Gasteiger partial charge >= 0.3 is 103 Å². The monoisotopic (exact) mass is 1190 g/mol. The number of fused-ring (bicyclic) bond motifs is 3. The van der Waals surface area contributed by atoms with Gasteiger partial charge in [0.1, 0.15) is 23.1 Å². The number of β-amino-alcohol motifs (C(OH)–C–C–N with tert-alkyl or cyclic N) is 1. The third kappa shape index (κ3) is 14.8. The number of carbonyl (C=O) groups excluding carboxylic acids is 6. The Morgan fingerprint density at radius 1 is 0.551 bits per heavy atom. The molecule has 78 heavy (non-hydrogen) atoms. The summed E-state index contributed by atoms with van der Waals surface area (Å²) in [6, 6.07) is 35.2. The molecule has 6 amide bonds. The first kappa shape index (κ1) is 64.6. The first-order chi connectivity index (χ1) is 36.0. The van der Waals surface area contributed by atoms with Crippen LogP contribution in [0, 0.1) is 11.6 Å². The molecular weight excluding hydrogens is 1140 g/mol. The normalized spacial score (nSPS) is 14.4. The number of hydrogen-bond acceptors (Lipinski definition) is 10. The SMILES string of the molecule is C.COc1c(C[C@H](O)CN2C(=O)c3ccccc3C2=O)cc(F)cc1-c1c(Cl)cccc1Cl.COc1c(C[C@H]2CO2)cc(F)cc1-c1c(Cl)cccc1Cl.O=C1[N-]C(=O)c2ccccc21.O=C1[N-]C(=O)c2ccccc21.[K+].[K+]. The Morgan fingerprint density at radius 2 is 0.885 bits per heavy atom. The molecule has 0 spiro atoms. The summed E-state index contributed by atoms with van der Waals surface area (Å²) < 4.78 is 44.7. The van der Waals surface area contributed by atoms with E-state index in [2.05, 4.69) is 10.6 Å². The third-order valence-corrected chi connectivity index (χ3v) is 13.2. The van der Waals surface area contributed by atoms with Crippen LogP contribution >= 0.6 is 46.4 Å². The van der Waals surface area contributed by atoms with E-state index in [1.165, 1.54) is 31.4 Å². The third-order valence-electron chi connectivity index (χ3n) is 11.9. The first-order valence-electron chi connectivity index (χ1n) is 22.6. The van der Waals surface area contributed by atoms with Gasteiger partial charge in [0.2, 0.25) is 0 Å². The van der Waals surface area contributed by atoms with Crippen LogP contribution in [-0.4, -0.2) is 85.0 Å². The van der Waals surface area contributed by atoms with Crippen LogP contribution < -0.4 is 112 Å². The van der Waals surface area contributed by atoms with Crippen LogP contribution in [0.5, 0.6) is 11.5 Å². The van der Waals surface area contributed by atoms with Gasteiger partial charge in [-0.3, -0.25) is 14.5 Å². The van der Waals surface area contributed by atoms with Crippen LogP contribution in [0.4, 0.5) is 8.78 Å². The van der Waals surface area contributed by atoms with Gasteiger partial charge in [0.05, 0.1) is 94.4 Å². The number of nitrogens with zero attached hydrogens (tertiary/aromatic N) is 3. The summed E-state index contributed by atoms with van der Waals surface area (Å²) in [6.45, 7) is 0.454. The van der Waals surface area contributed by atoms with Crippen molar-refractivity contribution < 1.29 is 160 Å². The molecule has 0 aliphatic carbocycles. The minimum atomic E-state index is -1.15. The smallest absolute Gasteiger partial charge is 0.587 e. The van der Waals surface area contributed by atoms with E-state index in [1.54, 1.807) is 116 Å². The van der Waals surface area contributed by atoms with Gasteiger partial charge in [-0.25, -0.2) is 8.78 Å². The number of aliphatic hydroxyl groups is 1. The van der Waals surface area contributed by atoms with Gasteiger partial charge in [-0.2, -0.15) is 0 Å². The van der Waals surface area contributed by atoms with Crippen LogP contribution in [0.25, 0.3) is 32.9 Å². The van der Waals surface area contributed by atoms with Crippen LogP contribution in [-0.2, 0) is 17.6 Å². The number of ether oxygens (including phenoxy) is 3. The van der Waals surface area contributed by atoms with E-state index >= 15 is 0 Å². The molecule has 13 nitrogen and oxygen atoms in total. The molecule has 4 heterocycles. The van der Waals surface area contributed by atoms with Crippen molar-refractivity contribution in [3.63, 3.8) is 0 Å². The van der Waals surface area contributed by atoms with Gasteiger partial charge in [0.15, 0.2) is 0 Å². The fraction of sp³-hybridized carbons (Fsp3) is 0.158. The number of amides is 6. The Labute approximate surface area is 553 Å². The molecule has 2 atom stereocenters. The van der Waals surface area contributed by atoms with Crippen molar-refractivity contribution >= 4 is 81.8 Å². The molecule has 0 bridgehead atoms. The van der Waals surface area contributed by atoms with Crippen molar-refractivity contribution in [2.45, 2.75) is 32.5 Å². The minimum absolute atomic E-state index is 0. The van der Waals surface area contributed by atoms with Crippen LogP contribution in [0.2, 0.25) is 20.1 Å². The minimum Gasteiger partial charge on any atom is -0.587 e. The van der Waals surface area contributed by atoms with Gasteiger partial charge in [0.25, 0.3) is 11.8 Å². The number of aliphatic hydroxyl groups excluding tert-OH is 1. The van der Waals surface area contributed by atoms with E-state index < -0.39 is 47.4 Å². The summed E-state index contributed by atoms with van der Waals surface area (Å²) in [6.07, 6.45) is -0.475. The Hall–Kier alpha value is -4.23. The Bertz CT molecular complexity index is 3250. The predicted molar refractivity (Wildman–Crippen MR) is 285 cm³/mol. The second kappa shape index (κ2) is 29.0. The fourth-order valence-electron chi connectivity index (χ4n) is 8.47. The topological polar surface area (TPSA) is 185 Å². The van der Waals surface area contributed by atoms with Gasteiger partial charge in [-0.1, -0.05) is 127 Å². The molecular formula is C57H43Cl4F2K2N3O10. The maximum atomic E-state index is 14.5. The van der Waals surface area contributed by atoms with Crippen molar-refractivity contribution in [3.05, 3.63) is 220 Å². The van der Waals surface area contributed by atoms with Gasteiger partial charge < -0.3 is 49.1 Å². The standard InChI is InChI=1S/C24H18Cl2FNO4.C16H13Cl2FO2.2C8H5NO2.CH4.2K/c1-32-22-13(9-14(27)11-18(22)21-19(25)7-4-8-20(21)26)10-15(29)12-28-23(30)16-5-2-3-6-17(16)24(28)31;1-20-16-9(6-11-8-21-11)5-10(19)7-12(16)15-13(17)3-2-4-14(15)18;2*10-7-5-3-1-2-4-6(5)8(11)9-7;;;/h2-9,11,15,29H,10,12H2,1H3;2-5,7,11H,6,8H2,1H3;2*1-4H,(H,9,10,11);1H4;;/q;;;;;2*+1/p-2/t15-;11-;;;;;/m00...../s1. The Kier molecular flexibility index (Phi) is 24.0. The maximum Gasteiger partial charge on any atom is 1.00 e. The second-order valence-electron chi connectivity index (χ2n) is 16.8.